The standard InChI is InChI=1S/C14H26N2O2/c1-16-9-4-3-6-12(16)10-15-13(17)14(11-18-2)7-5-8-14/h12H,3-11H2,1-2H3,(H,15,17). The van der Waals surface area contributed by atoms with Crippen LogP contribution in [0.4, 0.5) is 0 Å². The van der Waals surface area contributed by atoms with Crippen LogP contribution in [0.25, 0.3) is 0 Å². The molecule has 1 atom stereocenters. The highest BCUT2D eigenvalue weighted by molar-refractivity contribution is 5.83. The maximum absolute atomic E-state index is 12.3. The monoisotopic (exact) mass is 254 g/mol. The molecule has 2 fully saturated rings. The van der Waals surface area contributed by atoms with Crippen molar-refractivity contribution < 1.29 is 9.53 Å². The summed E-state index contributed by atoms with van der Waals surface area (Å²) in [6.45, 7) is 2.52. The van der Waals surface area contributed by atoms with Crippen LogP contribution in [0.3, 0.4) is 0 Å². The Hall–Kier alpha value is -0.610. The Kier molecular flexibility index (Phi) is 4.62. The third kappa shape index (κ3) is 2.86. The molecular weight excluding hydrogens is 228 g/mol. The number of carbonyl (C=O) groups excluding carboxylic acids is 1. The van der Waals surface area contributed by atoms with Gasteiger partial charge in [-0.25, -0.2) is 0 Å². The number of rotatable bonds is 5. The third-order valence-corrected chi connectivity index (χ3v) is 4.63. The number of carbonyl (C=O) groups is 1. The van der Waals surface area contributed by atoms with E-state index >= 15 is 0 Å². The maximum Gasteiger partial charge on any atom is 0.228 e. The van der Waals surface area contributed by atoms with Crippen molar-refractivity contribution in [3.8, 4) is 0 Å². The number of likely N-dealkylation sites (tertiary alicyclic amines) is 1. The molecule has 0 aromatic heterocycles. The summed E-state index contributed by atoms with van der Waals surface area (Å²) in [7, 11) is 3.84. The number of methoxy groups -OCH3 is 1. The molecule has 4 nitrogen and oxygen atoms in total. The minimum absolute atomic E-state index is 0.203. The van der Waals surface area contributed by atoms with E-state index in [0.29, 0.717) is 12.6 Å². The summed E-state index contributed by atoms with van der Waals surface area (Å²) >= 11 is 0. The predicted octanol–water partition coefficient (Wildman–Crippen LogP) is 1.40. The van der Waals surface area contributed by atoms with Gasteiger partial charge in [0, 0.05) is 19.7 Å². The molecule has 1 unspecified atom stereocenters. The SMILES string of the molecule is COCC1(C(=O)NCC2CCCCN2C)CCC1. The summed E-state index contributed by atoms with van der Waals surface area (Å²) in [5.41, 5.74) is -0.220. The van der Waals surface area contributed by atoms with Crippen molar-refractivity contribution in [2.24, 2.45) is 5.41 Å². The number of amides is 1. The van der Waals surface area contributed by atoms with Crippen LogP contribution in [0.1, 0.15) is 38.5 Å². The average Bonchev–Trinajstić information content (AvgIpc) is 2.32. The molecule has 0 aromatic rings. The normalized spacial score (nSPS) is 27.6. The third-order valence-electron chi connectivity index (χ3n) is 4.63. The van der Waals surface area contributed by atoms with Crippen LogP contribution >= 0.6 is 0 Å². The maximum atomic E-state index is 12.3. The quantitative estimate of drug-likeness (QED) is 0.806. The minimum atomic E-state index is -0.220. The fraction of sp³-hybridized carbons (Fsp3) is 0.929. The van der Waals surface area contributed by atoms with Crippen LogP contribution in [0, 0.1) is 5.41 Å². The predicted molar refractivity (Wildman–Crippen MR) is 71.4 cm³/mol. The van der Waals surface area contributed by atoms with E-state index in [9.17, 15) is 4.79 Å². The summed E-state index contributed by atoms with van der Waals surface area (Å²) in [6.07, 6.45) is 6.89. The van der Waals surface area contributed by atoms with Gasteiger partial charge in [0.05, 0.1) is 12.0 Å². The van der Waals surface area contributed by atoms with Gasteiger partial charge in [-0.15, -0.1) is 0 Å². The van der Waals surface area contributed by atoms with Crippen LogP contribution in [0.5, 0.6) is 0 Å². The van der Waals surface area contributed by atoms with Crippen molar-refractivity contribution in [1.29, 1.82) is 0 Å². The molecule has 1 N–H and O–H groups in total. The topological polar surface area (TPSA) is 41.6 Å². The molecule has 2 aliphatic rings. The summed E-state index contributed by atoms with van der Waals surface area (Å²) in [4.78, 5) is 14.6. The second-order valence-corrected chi connectivity index (χ2v) is 5.91. The molecule has 4 heteroatoms. The Bertz CT molecular complexity index is 290. The van der Waals surface area contributed by atoms with Crippen molar-refractivity contribution in [3.63, 3.8) is 0 Å². The minimum Gasteiger partial charge on any atom is -0.384 e. The molecule has 1 saturated carbocycles. The number of piperidine rings is 1. The lowest BCUT2D eigenvalue weighted by Gasteiger charge is -2.40. The number of hydrogen-bond donors (Lipinski definition) is 1. The lowest BCUT2D eigenvalue weighted by atomic mass is 9.68. The fourth-order valence-corrected chi connectivity index (χ4v) is 3.12. The molecule has 1 amide bonds. The van der Waals surface area contributed by atoms with Crippen molar-refractivity contribution in [1.82, 2.24) is 10.2 Å². The first-order valence-corrected chi connectivity index (χ1v) is 7.15. The molecule has 0 bridgehead atoms. The smallest absolute Gasteiger partial charge is 0.228 e. The van der Waals surface area contributed by atoms with E-state index in [0.717, 1.165) is 32.4 Å². The second-order valence-electron chi connectivity index (χ2n) is 5.91. The average molecular weight is 254 g/mol. The molecule has 18 heavy (non-hydrogen) atoms. The van der Waals surface area contributed by atoms with E-state index in [4.69, 9.17) is 4.74 Å². The molecule has 2 rings (SSSR count). The van der Waals surface area contributed by atoms with Crippen LogP contribution in [-0.2, 0) is 9.53 Å². The summed E-state index contributed by atoms with van der Waals surface area (Å²) in [5.74, 6) is 0.203. The van der Waals surface area contributed by atoms with Crippen LogP contribution < -0.4 is 5.32 Å². The van der Waals surface area contributed by atoms with Crippen molar-refractivity contribution in [3.05, 3.63) is 0 Å². The van der Waals surface area contributed by atoms with Gasteiger partial charge in [0.1, 0.15) is 0 Å². The summed E-state index contributed by atoms with van der Waals surface area (Å²) in [6, 6.07) is 0.516. The van der Waals surface area contributed by atoms with Gasteiger partial charge in [-0.2, -0.15) is 0 Å². The first-order chi connectivity index (χ1) is 8.68. The molecular formula is C14H26N2O2. The first-order valence-electron chi connectivity index (χ1n) is 7.15. The molecule has 0 aromatic carbocycles. The van der Waals surface area contributed by atoms with Crippen molar-refractivity contribution in [2.45, 2.75) is 44.6 Å². The lowest BCUT2D eigenvalue weighted by Crippen LogP contribution is -2.52. The van der Waals surface area contributed by atoms with E-state index in [1.807, 2.05) is 0 Å². The zero-order valence-electron chi connectivity index (χ0n) is 11.7. The Morgan fingerprint density at radius 2 is 2.17 bits per heavy atom. The Morgan fingerprint density at radius 1 is 1.39 bits per heavy atom. The van der Waals surface area contributed by atoms with E-state index in [-0.39, 0.29) is 11.3 Å². The van der Waals surface area contributed by atoms with Gasteiger partial charge in [-0.05, 0) is 39.3 Å². The van der Waals surface area contributed by atoms with E-state index in [1.54, 1.807) is 7.11 Å². The van der Waals surface area contributed by atoms with Gasteiger partial charge in [0.25, 0.3) is 0 Å². The molecule has 0 radical (unpaired) electrons. The van der Waals surface area contributed by atoms with Gasteiger partial charge in [0.2, 0.25) is 5.91 Å². The zero-order chi connectivity index (χ0) is 13.0. The van der Waals surface area contributed by atoms with Gasteiger partial charge >= 0.3 is 0 Å². The van der Waals surface area contributed by atoms with Gasteiger partial charge < -0.3 is 15.0 Å². The van der Waals surface area contributed by atoms with Crippen molar-refractivity contribution in [2.75, 3.05) is 33.9 Å². The molecule has 1 saturated heterocycles. The van der Waals surface area contributed by atoms with Gasteiger partial charge in [-0.3, -0.25) is 4.79 Å². The number of hydrogen-bond acceptors (Lipinski definition) is 3. The fourth-order valence-electron chi connectivity index (χ4n) is 3.12. The largest absolute Gasteiger partial charge is 0.384 e. The molecule has 1 heterocycles. The zero-order valence-corrected chi connectivity index (χ0v) is 11.7. The highest BCUT2D eigenvalue weighted by Crippen LogP contribution is 2.41. The van der Waals surface area contributed by atoms with Crippen LogP contribution in [-0.4, -0.2) is 50.7 Å². The second kappa shape index (κ2) is 6.02. The summed E-state index contributed by atoms with van der Waals surface area (Å²) in [5, 5.41) is 3.15. The molecule has 104 valence electrons. The van der Waals surface area contributed by atoms with Crippen molar-refractivity contribution >= 4 is 5.91 Å². The van der Waals surface area contributed by atoms with E-state index in [1.165, 1.54) is 19.3 Å². The Morgan fingerprint density at radius 3 is 2.72 bits per heavy atom. The Balaban J connectivity index is 1.80. The number of ether oxygens (including phenoxy) is 1. The van der Waals surface area contributed by atoms with Crippen LogP contribution in [0.2, 0.25) is 0 Å². The van der Waals surface area contributed by atoms with Crippen LogP contribution in [0.15, 0.2) is 0 Å². The molecule has 1 aliphatic carbocycles. The number of nitrogens with zero attached hydrogens (tertiary/aromatic N) is 1. The lowest BCUT2D eigenvalue weighted by molar-refractivity contribution is -0.140. The first kappa shape index (κ1) is 13.8. The summed E-state index contributed by atoms with van der Waals surface area (Å²) < 4.78 is 5.21. The molecule has 0 spiro atoms. The van der Waals surface area contributed by atoms with Gasteiger partial charge in [0.15, 0.2) is 0 Å². The highest BCUT2D eigenvalue weighted by atomic mass is 16.5. The van der Waals surface area contributed by atoms with E-state index < -0.39 is 0 Å². The Labute approximate surface area is 110 Å². The number of nitrogens with one attached hydrogen (secondary N) is 1. The number of likely N-dealkylation sites (N-methyl/N-ethyl adjacent to an activating group) is 1. The highest BCUT2D eigenvalue weighted by Gasteiger charge is 2.44. The molecule has 1 aliphatic heterocycles. The van der Waals surface area contributed by atoms with Gasteiger partial charge in [-0.1, -0.05) is 12.8 Å². The van der Waals surface area contributed by atoms with E-state index in [2.05, 4.69) is 17.3 Å².